The van der Waals surface area contributed by atoms with Crippen LogP contribution in [0, 0.1) is 17.8 Å². The lowest BCUT2D eigenvalue weighted by molar-refractivity contribution is -0.138. The number of benzene rings is 1. The van der Waals surface area contributed by atoms with Crippen LogP contribution in [0.1, 0.15) is 54.1 Å². The maximum atomic E-state index is 13.8. The highest BCUT2D eigenvalue weighted by Crippen LogP contribution is 2.46. The maximum absolute atomic E-state index is 13.8. The number of alkyl halides is 3. The minimum absolute atomic E-state index is 0.124. The molecule has 1 aromatic heterocycles. The smallest absolute Gasteiger partial charge is 0.393 e. The number of fused-ring (bicyclic) bond motifs is 4. The molecule has 0 amide bonds. The summed E-state index contributed by atoms with van der Waals surface area (Å²) in [5.74, 6) is 0.958. The lowest BCUT2D eigenvalue weighted by atomic mass is 9.66. The van der Waals surface area contributed by atoms with Gasteiger partial charge in [-0.15, -0.1) is 0 Å². The van der Waals surface area contributed by atoms with Gasteiger partial charge in [0.15, 0.2) is 0 Å². The first-order valence-corrected chi connectivity index (χ1v) is 9.98. The van der Waals surface area contributed by atoms with Crippen molar-refractivity contribution in [1.82, 2.24) is 9.55 Å². The Morgan fingerprint density at radius 2 is 2.07 bits per heavy atom. The van der Waals surface area contributed by atoms with Gasteiger partial charge in [0.05, 0.1) is 24.0 Å². The molecule has 1 fully saturated rings. The van der Waals surface area contributed by atoms with Gasteiger partial charge >= 0.3 is 6.18 Å². The van der Waals surface area contributed by atoms with E-state index in [1.807, 2.05) is 4.57 Å². The van der Waals surface area contributed by atoms with Crippen molar-refractivity contribution in [3.63, 3.8) is 0 Å². The van der Waals surface area contributed by atoms with Crippen LogP contribution in [-0.2, 0) is 12.6 Å². The van der Waals surface area contributed by atoms with E-state index in [1.54, 1.807) is 18.6 Å². The Morgan fingerprint density at radius 3 is 2.75 bits per heavy atom. The quantitative estimate of drug-likeness (QED) is 0.771. The number of nitrogens with zero attached hydrogens (tertiary/aromatic N) is 2. The fourth-order valence-corrected chi connectivity index (χ4v) is 5.55. The van der Waals surface area contributed by atoms with Gasteiger partial charge in [-0.05, 0) is 60.6 Å². The normalized spacial score (nSPS) is 29.4. The predicted octanol–water partition coefficient (Wildman–Crippen LogP) is 4.75. The van der Waals surface area contributed by atoms with Gasteiger partial charge in [-0.3, -0.25) is 0 Å². The maximum Gasteiger partial charge on any atom is 0.416 e. The summed E-state index contributed by atoms with van der Waals surface area (Å²) in [5, 5.41) is 11.1. The van der Waals surface area contributed by atoms with Gasteiger partial charge in [0.2, 0.25) is 0 Å². The van der Waals surface area contributed by atoms with Gasteiger partial charge in [0.25, 0.3) is 0 Å². The zero-order valence-corrected chi connectivity index (χ0v) is 15.4. The molecule has 2 bridgehead atoms. The van der Waals surface area contributed by atoms with Crippen molar-refractivity contribution in [3.8, 4) is 0 Å². The Balaban J connectivity index is 1.52. The van der Waals surface area contributed by atoms with Crippen LogP contribution in [0.3, 0.4) is 0 Å². The first-order chi connectivity index (χ1) is 13.4. The molecular weight excluding hydrogens is 365 g/mol. The molecule has 148 valence electrons. The van der Waals surface area contributed by atoms with Crippen molar-refractivity contribution in [1.29, 1.82) is 0 Å². The molecule has 2 aromatic rings. The highest BCUT2D eigenvalue weighted by atomic mass is 19.4. The van der Waals surface area contributed by atoms with E-state index in [4.69, 9.17) is 0 Å². The number of rotatable bonds is 3. The number of hydrogen-bond donors (Lipinski definition) is 1. The monoisotopic (exact) mass is 388 g/mol. The number of aliphatic hydroxyl groups is 1. The van der Waals surface area contributed by atoms with Crippen LogP contribution >= 0.6 is 0 Å². The molecule has 0 radical (unpaired) electrons. The number of aliphatic hydroxyl groups excluding tert-OH is 1. The molecule has 1 aliphatic heterocycles. The van der Waals surface area contributed by atoms with Crippen LogP contribution < -0.4 is 0 Å². The van der Waals surface area contributed by atoms with Crippen molar-refractivity contribution in [3.05, 3.63) is 65.3 Å². The molecule has 0 spiro atoms. The Labute approximate surface area is 161 Å². The second kappa shape index (κ2) is 6.48. The number of allylic oxidation sites excluding steroid dienone is 2. The van der Waals surface area contributed by atoms with Gasteiger partial charge < -0.3 is 9.67 Å². The van der Waals surface area contributed by atoms with E-state index in [0.29, 0.717) is 29.4 Å². The van der Waals surface area contributed by atoms with Crippen molar-refractivity contribution >= 4 is 0 Å². The number of hydrogen-bond acceptors (Lipinski definition) is 2. The van der Waals surface area contributed by atoms with Gasteiger partial charge in [-0.2, -0.15) is 13.2 Å². The molecule has 28 heavy (non-hydrogen) atoms. The van der Waals surface area contributed by atoms with Crippen LogP contribution in [0.5, 0.6) is 0 Å². The first-order valence-electron chi connectivity index (χ1n) is 9.98. The summed E-state index contributed by atoms with van der Waals surface area (Å²) in [5.41, 5.74) is 1.29. The van der Waals surface area contributed by atoms with Crippen molar-refractivity contribution in [2.24, 2.45) is 17.8 Å². The number of aromatic nitrogens is 2. The summed E-state index contributed by atoms with van der Waals surface area (Å²) in [7, 11) is 0. The van der Waals surface area contributed by atoms with Gasteiger partial charge in [0.1, 0.15) is 0 Å². The van der Waals surface area contributed by atoms with Crippen molar-refractivity contribution in [2.75, 3.05) is 0 Å². The van der Waals surface area contributed by atoms with Crippen LogP contribution in [0.4, 0.5) is 13.2 Å². The molecule has 3 nitrogen and oxygen atoms in total. The van der Waals surface area contributed by atoms with E-state index in [-0.39, 0.29) is 12.3 Å². The predicted molar refractivity (Wildman–Crippen MR) is 98.7 cm³/mol. The molecule has 0 saturated heterocycles. The highest BCUT2D eigenvalue weighted by molar-refractivity contribution is 5.44. The Hall–Kier alpha value is -2.08. The van der Waals surface area contributed by atoms with Crippen molar-refractivity contribution < 1.29 is 18.3 Å². The largest absolute Gasteiger partial charge is 0.416 e. The van der Waals surface area contributed by atoms with E-state index >= 15 is 0 Å². The van der Waals surface area contributed by atoms with E-state index in [2.05, 4.69) is 17.1 Å². The van der Waals surface area contributed by atoms with Crippen LogP contribution in [-0.4, -0.2) is 20.8 Å². The fraction of sp³-hybridized carbons (Fsp3) is 0.500. The average Bonchev–Trinajstić information content (AvgIpc) is 3.15. The zero-order chi connectivity index (χ0) is 19.5. The summed E-state index contributed by atoms with van der Waals surface area (Å²) in [6, 6.07) is 3.86. The summed E-state index contributed by atoms with van der Waals surface area (Å²) < 4.78 is 43.1. The average molecular weight is 388 g/mol. The van der Waals surface area contributed by atoms with Gasteiger partial charge in [-0.25, -0.2) is 4.98 Å². The van der Waals surface area contributed by atoms with Crippen LogP contribution in [0.2, 0.25) is 0 Å². The van der Waals surface area contributed by atoms with E-state index in [1.165, 1.54) is 6.07 Å². The number of imidazole rings is 1. The molecular formula is C22H23F3N2O. The Morgan fingerprint density at radius 1 is 1.21 bits per heavy atom. The minimum atomic E-state index is -4.42. The third-order valence-electron chi connectivity index (χ3n) is 6.87. The summed E-state index contributed by atoms with van der Waals surface area (Å²) in [4.78, 5) is 4.18. The molecule has 2 heterocycles. The molecule has 4 aliphatic rings. The van der Waals surface area contributed by atoms with E-state index in [9.17, 15) is 18.3 Å². The second-order valence-electron chi connectivity index (χ2n) is 8.45. The molecule has 5 atom stereocenters. The van der Waals surface area contributed by atoms with Gasteiger partial charge in [0, 0.05) is 18.3 Å². The lowest BCUT2D eigenvalue weighted by Gasteiger charge is -2.42. The molecule has 1 N–H and O–H groups in total. The topological polar surface area (TPSA) is 38.1 Å². The SMILES string of the molecule is OC(CC1c2c(cccc2C(F)(F)F)Cc2cncn21)C1CC2C=CC1CC2. The van der Waals surface area contributed by atoms with Crippen LogP contribution in [0.25, 0.3) is 0 Å². The summed E-state index contributed by atoms with van der Waals surface area (Å²) in [6.45, 7) is 0. The molecule has 6 heteroatoms. The first kappa shape index (κ1) is 18.0. The molecule has 6 rings (SSSR count). The molecule has 1 aromatic carbocycles. The minimum Gasteiger partial charge on any atom is -0.393 e. The third-order valence-corrected chi connectivity index (χ3v) is 6.87. The van der Waals surface area contributed by atoms with Gasteiger partial charge in [-0.1, -0.05) is 24.3 Å². The summed E-state index contributed by atoms with van der Waals surface area (Å²) >= 11 is 0. The van der Waals surface area contributed by atoms with Crippen LogP contribution in [0.15, 0.2) is 42.9 Å². The second-order valence-corrected chi connectivity index (χ2v) is 8.45. The Kier molecular flexibility index (Phi) is 4.16. The van der Waals surface area contributed by atoms with E-state index < -0.39 is 23.9 Å². The highest BCUT2D eigenvalue weighted by Gasteiger charge is 2.42. The standard InChI is InChI=1S/C22H23F3N2O/c23-22(24,25)18-3-1-2-15-9-16-11-26-12-27(16)19(21(15)18)10-20(28)17-8-13-4-6-14(17)7-5-13/h1-4,6,11-14,17,19-20,28H,5,7-10H2. The molecule has 3 aliphatic carbocycles. The lowest BCUT2D eigenvalue weighted by Crippen LogP contribution is -2.37. The van der Waals surface area contributed by atoms with E-state index in [0.717, 1.165) is 31.0 Å². The molecule has 1 saturated carbocycles. The Bertz CT molecular complexity index is 917. The zero-order valence-electron chi connectivity index (χ0n) is 15.4. The summed E-state index contributed by atoms with van der Waals surface area (Å²) in [6.07, 6.45) is 6.57. The van der Waals surface area contributed by atoms with Crippen molar-refractivity contribution in [2.45, 2.75) is 50.4 Å². The fourth-order valence-electron chi connectivity index (χ4n) is 5.55. The third kappa shape index (κ3) is 2.89. The number of halogens is 3. The molecule has 5 unspecified atom stereocenters.